The zero-order chi connectivity index (χ0) is 46.1. The molecule has 0 unspecified atom stereocenters. The number of anilines is 3. The second kappa shape index (κ2) is 16.2. The fraction of sp³-hybridized carbons (Fsp3) is 0. The van der Waals surface area contributed by atoms with Gasteiger partial charge in [-0.1, -0.05) is 152 Å². The highest BCUT2D eigenvalue weighted by atomic mass is 15.1. The SMILES string of the molecule is c1ccc(-n2c3ccccc3c3cc(-c4ccc(N(c5ccc(-c6ccc7c8ccccc8n(-c8ccccc8)c7c6)cc5)c5ccc(-n6c7ccccc7c7ccccc76)cc5)cc4)ccc32)cc1. The Labute approximate surface area is 405 Å². The predicted octanol–water partition coefficient (Wildman–Crippen LogP) is 17.8. The summed E-state index contributed by atoms with van der Waals surface area (Å²) in [6, 6.07) is 97.1. The molecule has 0 fully saturated rings. The summed E-state index contributed by atoms with van der Waals surface area (Å²) < 4.78 is 7.14. The molecule has 70 heavy (non-hydrogen) atoms. The van der Waals surface area contributed by atoms with Gasteiger partial charge in [-0.15, -0.1) is 0 Å². The fourth-order valence-corrected chi connectivity index (χ4v) is 11.0. The molecule has 14 rings (SSSR count). The van der Waals surface area contributed by atoms with Gasteiger partial charge in [0.1, 0.15) is 0 Å². The summed E-state index contributed by atoms with van der Waals surface area (Å²) >= 11 is 0. The molecular weight excluding hydrogens is 849 g/mol. The number of hydrogen-bond acceptors (Lipinski definition) is 1. The van der Waals surface area contributed by atoms with Crippen molar-refractivity contribution in [1.29, 1.82) is 0 Å². The van der Waals surface area contributed by atoms with E-state index < -0.39 is 0 Å². The Morgan fingerprint density at radius 3 is 0.986 bits per heavy atom. The number of fused-ring (bicyclic) bond motifs is 9. The molecule has 0 amide bonds. The van der Waals surface area contributed by atoms with Gasteiger partial charge >= 0.3 is 0 Å². The average molecular weight is 893 g/mol. The van der Waals surface area contributed by atoms with Crippen LogP contribution < -0.4 is 4.90 Å². The van der Waals surface area contributed by atoms with E-state index in [4.69, 9.17) is 0 Å². The number of para-hydroxylation sites is 6. The number of nitrogens with zero attached hydrogens (tertiary/aromatic N) is 4. The van der Waals surface area contributed by atoms with Crippen LogP contribution in [0.2, 0.25) is 0 Å². The van der Waals surface area contributed by atoms with Gasteiger partial charge in [0.05, 0.1) is 33.1 Å². The van der Waals surface area contributed by atoms with Gasteiger partial charge < -0.3 is 18.6 Å². The Bertz CT molecular complexity index is 4200. The molecule has 11 aromatic carbocycles. The third-order valence-corrected chi connectivity index (χ3v) is 14.2. The molecule has 0 saturated heterocycles. The van der Waals surface area contributed by atoms with Crippen molar-refractivity contribution in [2.45, 2.75) is 0 Å². The lowest BCUT2D eigenvalue weighted by molar-refractivity contribution is 1.17. The molecule has 14 aromatic rings. The second-order valence-corrected chi connectivity index (χ2v) is 18.2. The molecule has 0 spiro atoms. The minimum atomic E-state index is 1.08. The molecule has 3 heterocycles. The molecule has 0 aliphatic carbocycles. The maximum atomic E-state index is 2.39. The largest absolute Gasteiger partial charge is 0.311 e. The predicted molar refractivity (Wildman–Crippen MR) is 295 cm³/mol. The minimum Gasteiger partial charge on any atom is -0.311 e. The molecule has 328 valence electrons. The van der Waals surface area contributed by atoms with Crippen LogP contribution in [0.15, 0.2) is 267 Å². The quantitative estimate of drug-likeness (QED) is 0.149. The zero-order valence-electron chi connectivity index (χ0n) is 38.2. The number of benzene rings is 11. The van der Waals surface area contributed by atoms with Crippen LogP contribution in [0.25, 0.3) is 105 Å². The first-order valence-electron chi connectivity index (χ1n) is 24.0. The molecule has 0 bridgehead atoms. The summed E-state index contributed by atoms with van der Waals surface area (Å²) in [6.07, 6.45) is 0. The van der Waals surface area contributed by atoms with Crippen molar-refractivity contribution in [3.05, 3.63) is 267 Å². The molecule has 4 nitrogen and oxygen atoms in total. The van der Waals surface area contributed by atoms with Crippen molar-refractivity contribution in [3.8, 4) is 39.3 Å². The Balaban J connectivity index is 0.866. The van der Waals surface area contributed by atoms with Gasteiger partial charge in [0, 0.05) is 66.4 Å². The van der Waals surface area contributed by atoms with E-state index in [1.807, 2.05) is 0 Å². The molecule has 3 aromatic heterocycles. The fourth-order valence-electron chi connectivity index (χ4n) is 11.0. The highest BCUT2D eigenvalue weighted by molar-refractivity contribution is 6.12. The number of aromatic nitrogens is 3. The lowest BCUT2D eigenvalue weighted by Gasteiger charge is -2.26. The van der Waals surface area contributed by atoms with Crippen LogP contribution in [0.5, 0.6) is 0 Å². The van der Waals surface area contributed by atoms with Crippen LogP contribution in [-0.4, -0.2) is 13.7 Å². The van der Waals surface area contributed by atoms with Gasteiger partial charge in [-0.2, -0.15) is 0 Å². The van der Waals surface area contributed by atoms with Crippen molar-refractivity contribution in [2.24, 2.45) is 0 Å². The summed E-state index contributed by atoms with van der Waals surface area (Å²) in [6.45, 7) is 0. The van der Waals surface area contributed by atoms with Gasteiger partial charge in [0.15, 0.2) is 0 Å². The maximum absolute atomic E-state index is 2.39. The Kier molecular flexibility index (Phi) is 9.17. The molecular formula is C66H44N4. The van der Waals surface area contributed by atoms with Crippen LogP contribution in [0.3, 0.4) is 0 Å². The molecule has 4 heteroatoms. The van der Waals surface area contributed by atoms with Crippen LogP contribution in [0.1, 0.15) is 0 Å². The lowest BCUT2D eigenvalue weighted by Crippen LogP contribution is -2.10. The summed E-state index contributed by atoms with van der Waals surface area (Å²) in [4.78, 5) is 2.37. The van der Waals surface area contributed by atoms with Gasteiger partial charge in [-0.05, 0) is 138 Å². The van der Waals surface area contributed by atoms with Gasteiger partial charge in [-0.25, -0.2) is 0 Å². The van der Waals surface area contributed by atoms with Crippen molar-refractivity contribution in [1.82, 2.24) is 13.7 Å². The minimum absolute atomic E-state index is 1.08. The van der Waals surface area contributed by atoms with Gasteiger partial charge in [-0.3, -0.25) is 0 Å². The van der Waals surface area contributed by atoms with Crippen molar-refractivity contribution < 1.29 is 0 Å². The lowest BCUT2D eigenvalue weighted by atomic mass is 10.0. The number of rotatable bonds is 8. The van der Waals surface area contributed by atoms with E-state index in [1.165, 1.54) is 82.1 Å². The van der Waals surface area contributed by atoms with Crippen molar-refractivity contribution in [2.75, 3.05) is 4.90 Å². The molecule has 0 N–H and O–H groups in total. The molecule has 0 aliphatic rings. The first-order chi connectivity index (χ1) is 34.7. The summed E-state index contributed by atoms with van der Waals surface area (Å²) in [5.74, 6) is 0. The first kappa shape index (κ1) is 39.8. The van der Waals surface area contributed by atoms with E-state index in [-0.39, 0.29) is 0 Å². The van der Waals surface area contributed by atoms with E-state index in [9.17, 15) is 0 Å². The molecule has 0 atom stereocenters. The maximum Gasteiger partial charge on any atom is 0.0547 e. The van der Waals surface area contributed by atoms with Crippen molar-refractivity contribution in [3.63, 3.8) is 0 Å². The van der Waals surface area contributed by atoms with Gasteiger partial charge in [0.2, 0.25) is 0 Å². The van der Waals surface area contributed by atoms with E-state index >= 15 is 0 Å². The van der Waals surface area contributed by atoms with E-state index in [0.717, 1.165) is 39.7 Å². The van der Waals surface area contributed by atoms with Crippen LogP contribution in [-0.2, 0) is 0 Å². The smallest absolute Gasteiger partial charge is 0.0547 e. The highest BCUT2D eigenvalue weighted by Crippen LogP contribution is 2.41. The molecule has 0 aliphatic heterocycles. The topological polar surface area (TPSA) is 18.0 Å². The van der Waals surface area contributed by atoms with Crippen LogP contribution >= 0.6 is 0 Å². The van der Waals surface area contributed by atoms with Gasteiger partial charge in [0.25, 0.3) is 0 Å². The van der Waals surface area contributed by atoms with E-state index in [2.05, 4.69) is 286 Å². The van der Waals surface area contributed by atoms with E-state index in [1.54, 1.807) is 0 Å². The Morgan fingerprint density at radius 2 is 0.514 bits per heavy atom. The zero-order valence-corrected chi connectivity index (χ0v) is 38.2. The normalized spacial score (nSPS) is 11.7. The third-order valence-electron chi connectivity index (χ3n) is 14.2. The summed E-state index contributed by atoms with van der Waals surface area (Å²) in [7, 11) is 0. The third kappa shape index (κ3) is 6.38. The number of hydrogen-bond donors (Lipinski definition) is 0. The van der Waals surface area contributed by atoms with E-state index in [0.29, 0.717) is 0 Å². The summed E-state index contributed by atoms with van der Waals surface area (Å²) in [5.41, 5.74) is 18.6. The first-order valence-corrected chi connectivity index (χ1v) is 24.0. The molecule has 0 saturated carbocycles. The Hall–Kier alpha value is -9.38. The monoisotopic (exact) mass is 892 g/mol. The average Bonchev–Trinajstić information content (AvgIpc) is 4.07. The Morgan fingerprint density at radius 1 is 0.200 bits per heavy atom. The van der Waals surface area contributed by atoms with Crippen LogP contribution in [0.4, 0.5) is 17.1 Å². The van der Waals surface area contributed by atoms with Crippen LogP contribution in [0, 0.1) is 0 Å². The standard InChI is InChI=1S/C66H44N4/c1-3-15-49(16-4-1)68-64-26-14-10-22-58(64)60-43-47(32-42-65(60)68)45-27-33-51(34-28-45)67(53-37-39-54(40-38-53)69-61-23-11-7-19-55(61)56-20-8-12-24-62(56)69)52-35-29-46(30-36-52)48-31-41-59-57-21-9-13-25-63(57)70(66(59)44-48)50-17-5-2-6-18-50/h1-44H. The second-order valence-electron chi connectivity index (χ2n) is 18.2. The van der Waals surface area contributed by atoms with Crippen molar-refractivity contribution >= 4 is 82.5 Å². The molecule has 0 radical (unpaired) electrons. The highest BCUT2D eigenvalue weighted by Gasteiger charge is 2.19. The summed E-state index contributed by atoms with van der Waals surface area (Å²) in [5, 5.41) is 7.50.